The van der Waals surface area contributed by atoms with Gasteiger partial charge in [-0.05, 0) is 54.7 Å². The number of likely N-dealkylation sites (tertiary alicyclic amines) is 1. The molecule has 1 heterocycles. The smallest absolute Gasteiger partial charge is 0.254 e. The molecule has 1 aliphatic heterocycles. The largest absolute Gasteiger partial charge is 0.392 e. The molecule has 2 aromatic rings. The van der Waals surface area contributed by atoms with Crippen molar-refractivity contribution in [1.29, 1.82) is 0 Å². The van der Waals surface area contributed by atoms with Crippen molar-refractivity contribution in [1.82, 2.24) is 4.90 Å². The Labute approximate surface area is 135 Å². The van der Waals surface area contributed by atoms with Gasteiger partial charge in [-0.15, -0.1) is 0 Å². The van der Waals surface area contributed by atoms with Crippen molar-refractivity contribution in [2.45, 2.75) is 31.9 Å². The standard InChI is InChI=1S/C19H20FNO2/c20-17-10-8-15(9-11-17)18-3-1-2-12-21(18)19(23)16-6-4-14(13-22)5-7-16/h4-11,18,22H,1-3,12-13H2/t18-/m1/s1. The van der Waals surface area contributed by atoms with Gasteiger partial charge in [-0.2, -0.15) is 0 Å². The van der Waals surface area contributed by atoms with Gasteiger partial charge in [0.1, 0.15) is 5.82 Å². The van der Waals surface area contributed by atoms with Gasteiger partial charge >= 0.3 is 0 Å². The highest BCUT2D eigenvalue weighted by Gasteiger charge is 2.28. The second kappa shape index (κ2) is 6.92. The number of piperidine rings is 1. The summed E-state index contributed by atoms with van der Waals surface area (Å²) in [7, 11) is 0. The molecule has 0 aliphatic carbocycles. The first kappa shape index (κ1) is 15.7. The molecule has 1 N–H and O–H groups in total. The van der Waals surface area contributed by atoms with Gasteiger partial charge in [0.05, 0.1) is 12.6 Å². The molecule has 1 saturated heterocycles. The van der Waals surface area contributed by atoms with Crippen LogP contribution in [-0.2, 0) is 6.61 Å². The SMILES string of the molecule is O=C(c1ccc(CO)cc1)N1CCCC[C@@H]1c1ccc(F)cc1. The molecule has 4 heteroatoms. The Balaban J connectivity index is 1.85. The zero-order valence-corrected chi connectivity index (χ0v) is 12.9. The molecule has 1 atom stereocenters. The van der Waals surface area contributed by atoms with E-state index in [0.29, 0.717) is 12.1 Å². The third kappa shape index (κ3) is 3.42. The highest BCUT2D eigenvalue weighted by Crippen LogP contribution is 2.32. The minimum absolute atomic E-state index is 0.00521. The van der Waals surface area contributed by atoms with Crippen LogP contribution in [-0.4, -0.2) is 22.5 Å². The summed E-state index contributed by atoms with van der Waals surface area (Å²) in [5.74, 6) is -0.273. The van der Waals surface area contributed by atoms with Gasteiger partial charge in [-0.3, -0.25) is 4.79 Å². The Morgan fingerprint density at radius 2 is 1.78 bits per heavy atom. The van der Waals surface area contributed by atoms with E-state index < -0.39 is 0 Å². The van der Waals surface area contributed by atoms with Gasteiger partial charge in [0, 0.05) is 12.1 Å². The number of amides is 1. The molecule has 0 unspecified atom stereocenters. The highest BCUT2D eigenvalue weighted by atomic mass is 19.1. The van der Waals surface area contributed by atoms with Crippen LogP contribution in [0.25, 0.3) is 0 Å². The lowest BCUT2D eigenvalue weighted by Gasteiger charge is -2.36. The third-order valence-corrected chi connectivity index (χ3v) is 4.40. The topological polar surface area (TPSA) is 40.5 Å². The fraction of sp³-hybridized carbons (Fsp3) is 0.316. The van der Waals surface area contributed by atoms with Crippen molar-refractivity contribution in [3.63, 3.8) is 0 Å². The number of aliphatic hydroxyl groups is 1. The van der Waals surface area contributed by atoms with Crippen molar-refractivity contribution in [2.75, 3.05) is 6.54 Å². The van der Waals surface area contributed by atoms with Gasteiger partial charge in [-0.1, -0.05) is 24.3 Å². The molecule has 2 aromatic carbocycles. The van der Waals surface area contributed by atoms with Gasteiger partial charge < -0.3 is 10.0 Å². The zero-order chi connectivity index (χ0) is 16.2. The van der Waals surface area contributed by atoms with Gasteiger partial charge in [-0.25, -0.2) is 4.39 Å². The second-order valence-corrected chi connectivity index (χ2v) is 5.92. The molecule has 1 aliphatic rings. The van der Waals surface area contributed by atoms with Crippen molar-refractivity contribution < 1.29 is 14.3 Å². The number of halogens is 1. The lowest BCUT2D eigenvalue weighted by atomic mass is 9.94. The molecule has 3 nitrogen and oxygen atoms in total. The van der Waals surface area contributed by atoms with Crippen LogP contribution in [0.4, 0.5) is 4.39 Å². The third-order valence-electron chi connectivity index (χ3n) is 4.40. The summed E-state index contributed by atoms with van der Waals surface area (Å²) < 4.78 is 13.1. The van der Waals surface area contributed by atoms with Crippen LogP contribution in [0.2, 0.25) is 0 Å². The fourth-order valence-electron chi connectivity index (χ4n) is 3.12. The number of rotatable bonds is 3. The van der Waals surface area contributed by atoms with Gasteiger partial charge in [0.25, 0.3) is 5.91 Å². The second-order valence-electron chi connectivity index (χ2n) is 5.92. The van der Waals surface area contributed by atoms with Gasteiger partial charge in [0.15, 0.2) is 0 Å². The molecule has 23 heavy (non-hydrogen) atoms. The quantitative estimate of drug-likeness (QED) is 0.939. The van der Waals surface area contributed by atoms with E-state index in [1.54, 1.807) is 36.4 Å². The number of nitrogens with zero attached hydrogens (tertiary/aromatic N) is 1. The minimum Gasteiger partial charge on any atom is -0.392 e. The number of aliphatic hydroxyl groups excluding tert-OH is 1. The summed E-state index contributed by atoms with van der Waals surface area (Å²) in [4.78, 5) is 14.7. The number of hydrogen-bond donors (Lipinski definition) is 1. The summed E-state index contributed by atoms with van der Waals surface area (Å²) in [5, 5.41) is 9.10. The molecule has 0 aromatic heterocycles. The summed E-state index contributed by atoms with van der Waals surface area (Å²) >= 11 is 0. The summed E-state index contributed by atoms with van der Waals surface area (Å²) in [6, 6.07) is 13.5. The van der Waals surface area contributed by atoms with E-state index in [-0.39, 0.29) is 24.4 Å². The Kier molecular flexibility index (Phi) is 4.72. The highest BCUT2D eigenvalue weighted by molar-refractivity contribution is 5.94. The molecule has 1 fully saturated rings. The van der Waals surface area contributed by atoms with E-state index >= 15 is 0 Å². The monoisotopic (exact) mass is 313 g/mol. The maximum Gasteiger partial charge on any atom is 0.254 e. The maximum atomic E-state index is 13.1. The van der Waals surface area contributed by atoms with E-state index in [2.05, 4.69) is 0 Å². The lowest BCUT2D eigenvalue weighted by molar-refractivity contribution is 0.0611. The molecule has 0 radical (unpaired) electrons. The Morgan fingerprint density at radius 1 is 1.09 bits per heavy atom. The molecule has 120 valence electrons. The maximum absolute atomic E-state index is 13.1. The average molecular weight is 313 g/mol. The van der Waals surface area contributed by atoms with E-state index in [0.717, 1.165) is 30.4 Å². The lowest BCUT2D eigenvalue weighted by Crippen LogP contribution is -2.38. The predicted octanol–water partition coefficient (Wildman–Crippen LogP) is 3.69. The molecular weight excluding hydrogens is 293 g/mol. The van der Waals surface area contributed by atoms with Crippen LogP contribution in [0.15, 0.2) is 48.5 Å². The first-order chi connectivity index (χ1) is 11.2. The molecule has 1 amide bonds. The fourth-order valence-corrected chi connectivity index (χ4v) is 3.12. The number of carbonyl (C=O) groups excluding carboxylic acids is 1. The number of hydrogen-bond acceptors (Lipinski definition) is 2. The number of carbonyl (C=O) groups is 1. The first-order valence-electron chi connectivity index (χ1n) is 7.95. The van der Waals surface area contributed by atoms with E-state index in [9.17, 15) is 9.18 Å². The van der Waals surface area contributed by atoms with Crippen LogP contribution in [0.1, 0.15) is 46.8 Å². The Hall–Kier alpha value is -2.20. The van der Waals surface area contributed by atoms with Gasteiger partial charge in [0.2, 0.25) is 0 Å². The molecule has 0 spiro atoms. The van der Waals surface area contributed by atoms with E-state index in [1.807, 2.05) is 4.90 Å². The Morgan fingerprint density at radius 3 is 2.43 bits per heavy atom. The van der Waals surface area contributed by atoms with Crippen molar-refractivity contribution in [3.05, 3.63) is 71.0 Å². The van der Waals surface area contributed by atoms with Crippen LogP contribution < -0.4 is 0 Å². The number of benzene rings is 2. The van der Waals surface area contributed by atoms with Crippen LogP contribution >= 0.6 is 0 Å². The summed E-state index contributed by atoms with van der Waals surface area (Å²) in [6.07, 6.45) is 2.94. The van der Waals surface area contributed by atoms with Crippen LogP contribution in [0.5, 0.6) is 0 Å². The summed E-state index contributed by atoms with van der Waals surface area (Å²) in [5.41, 5.74) is 2.39. The molecule has 3 rings (SSSR count). The minimum atomic E-state index is -0.262. The van der Waals surface area contributed by atoms with E-state index in [4.69, 9.17) is 5.11 Å². The predicted molar refractivity (Wildman–Crippen MR) is 86.4 cm³/mol. The average Bonchev–Trinajstić information content (AvgIpc) is 2.62. The first-order valence-corrected chi connectivity index (χ1v) is 7.95. The van der Waals surface area contributed by atoms with Crippen molar-refractivity contribution in [2.24, 2.45) is 0 Å². The van der Waals surface area contributed by atoms with Crippen molar-refractivity contribution >= 4 is 5.91 Å². The summed E-state index contributed by atoms with van der Waals surface area (Å²) in [6.45, 7) is 0.680. The molecule has 0 saturated carbocycles. The van der Waals surface area contributed by atoms with Crippen LogP contribution in [0.3, 0.4) is 0 Å². The normalized spacial score (nSPS) is 18.0. The van der Waals surface area contributed by atoms with E-state index in [1.165, 1.54) is 12.1 Å². The molecule has 0 bridgehead atoms. The van der Waals surface area contributed by atoms with Crippen molar-refractivity contribution in [3.8, 4) is 0 Å². The molecular formula is C19H20FNO2. The Bertz CT molecular complexity index is 667. The zero-order valence-electron chi connectivity index (χ0n) is 12.9. The van der Waals surface area contributed by atoms with Crippen LogP contribution in [0, 0.1) is 5.82 Å².